The van der Waals surface area contributed by atoms with Crippen molar-refractivity contribution in [3.05, 3.63) is 40.9 Å². The number of rotatable bonds is 7. The summed E-state index contributed by atoms with van der Waals surface area (Å²) in [6.07, 6.45) is 0.0915. The van der Waals surface area contributed by atoms with Crippen LogP contribution in [0.5, 0.6) is 0 Å². The molecular weight excluding hydrogens is 333 g/mol. The van der Waals surface area contributed by atoms with E-state index in [0.29, 0.717) is 23.9 Å². The highest BCUT2D eigenvalue weighted by atomic mass is 35.5. The van der Waals surface area contributed by atoms with Crippen LogP contribution in [-0.2, 0) is 17.7 Å². The molecule has 1 aromatic heterocycles. The summed E-state index contributed by atoms with van der Waals surface area (Å²) >= 11 is 6.05. The normalized spacial score (nSPS) is 16.7. The van der Waals surface area contributed by atoms with Crippen LogP contribution in [0.25, 0.3) is 0 Å². The zero-order valence-electron chi connectivity index (χ0n) is 12.4. The molecule has 4 nitrogen and oxygen atoms in total. The third kappa shape index (κ3) is 6.01. The van der Waals surface area contributed by atoms with Gasteiger partial charge in [-0.05, 0) is 24.1 Å². The van der Waals surface area contributed by atoms with E-state index < -0.39 is 12.8 Å². The molecule has 2 heterocycles. The van der Waals surface area contributed by atoms with Gasteiger partial charge in [-0.2, -0.15) is 13.2 Å². The van der Waals surface area contributed by atoms with E-state index in [4.69, 9.17) is 16.7 Å². The molecule has 0 atom stereocenters. The van der Waals surface area contributed by atoms with E-state index >= 15 is 0 Å². The lowest BCUT2D eigenvalue weighted by atomic mass is 10.0. The quantitative estimate of drug-likeness (QED) is 0.768. The van der Waals surface area contributed by atoms with Gasteiger partial charge in [-0.25, -0.2) is 0 Å². The fourth-order valence-corrected chi connectivity index (χ4v) is 2.49. The first-order valence-corrected chi connectivity index (χ1v) is 7.55. The van der Waals surface area contributed by atoms with Crippen molar-refractivity contribution in [3.63, 3.8) is 0 Å². The molecule has 0 bridgehead atoms. The van der Waals surface area contributed by atoms with Crippen LogP contribution in [0.15, 0.2) is 24.6 Å². The summed E-state index contributed by atoms with van der Waals surface area (Å²) in [7, 11) is 0. The average Bonchev–Trinajstić information content (AvgIpc) is 2.43. The van der Waals surface area contributed by atoms with Gasteiger partial charge in [-0.1, -0.05) is 11.6 Å². The summed E-state index contributed by atoms with van der Waals surface area (Å²) in [4.78, 5) is 6.40. The molecule has 8 heteroatoms. The first-order valence-electron chi connectivity index (χ1n) is 7.17. The van der Waals surface area contributed by atoms with Gasteiger partial charge in [0, 0.05) is 38.4 Å². The van der Waals surface area contributed by atoms with Gasteiger partial charge in [0.05, 0.1) is 17.0 Å². The zero-order valence-corrected chi connectivity index (χ0v) is 13.1. The number of aliphatic hydroxyl groups excluding tert-OH is 1. The van der Waals surface area contributed by atoms with Crippen LogP contribution in [0, 0.1) is 5.92 Å². The van der Waals surface area contributed by atoms with Crippen LogP contribution < -0.4 is 0 Å². The third-order valence-electron chi connectivity index (χ3n) is 3.45. The molecule has 0 aliphatic carbocycles. The summed E-state index contributed by atoms with van der Waals surface area (Å²) in [6, 6.07) is 1.84. The Hall–Kier alpha value is -1.31. The molecule has 0 saturated carbocycles. The molecule has 0 radical (unpaired) electrons. The van der Waals surface area contributed by atoms with E-state index in [1.54, 1.807) is 6.20 Å². The van der Waals surface area contributed by atoms with Crippen molar-refractivity contribution in [1.29, 1.82) is 0 Å². The molecule has 0 unspecified atom stereocenters. The predicted molar refractivity (Wildman–Crippen MR) is 80.0 cm³/mol. The molecule has 1 fully saturated rings. The second kappa shape index (κ2) is 7.99. The van der Waals surface area contributed by atoms with Crippen molar-refractivity contribution in [2.24, 2.45) is 5.92 Å². The van der Waals surface area contributed by atoms with Crippen molar-refractivity contribution in [1.82, 2.24) is 9.88 Å². The second-order valence-electron chi connectivity index (χ2n) is 5.51. The lowest BCUT2D eigenvalue weighted by Gasteiger charge is -2.37. The Balaban J connectivity index is 1.84. The van der Waals surface area contributed by atoms with Crippen molar-refractivity contribution >= 4 is 11.6 Å². The Bertz CT molecular complexity index is 546. The molecule has 23 heavy (non-hydrogen) atoms. The Labute approximate surface area is 137 Å². The van der Waals surface area contributed by atoms with Gasteiger partial charge in [0.25, 0.3) is 0 Å². The summed E-state index contributed by atoms with van der Waals surface area (Å²) in [6.45, 7) is 1.22. The van der Waals surface area contributed by atoms with Gasteiger partial charge in [-0.3, -0.25) is 9.88 Å². The number of pyridine rings is 1. The molecule has 1 aliphatic rings. The maximum absolute atomic E-state index is 11.9. The summed E-state index contributed by atoms with van der Waals surface area (Å²) in [5.74, 6) is 0.329. The number of hydrogen-bond acceptors (Lipinski definition) is 4. The molecule has 1 saturated heterocycles. The first kappa shape index (κ1) is 18.0. The van der Waals surface area contributed by atoms with E-state index in [-0.39, 0.29) is 6.61 Å². The molecule has 1 aromatic rings. The molecule has 1 aliphatic heterocycles. The van der Waals surface area contributed by atoms with Gasteiger partial charge in [-0.15, -0.1) is 0 Å². The predicted octanol–water partition coefficient (Wildman–Crippen LogP) is 2.79. The van der Waals surface area contributed by atoms with Gasteiger partial charge in [0.1, 0.15) is 0 Å². The van der Waals surface area contributed by atoms with Gasteiger partial charge >= 0.3 is 6.18 Å². The Morgan fingerprint density at radius 2 is 2.17 bits per heavy atom. The van der Waals surface area contributed by atoms with Gasteiger partial charge in [0.15, 0.2) is 6.61 Å². The molecular formula is C15H18ClF3N2O2. The molecule has 1 N–H and O–H groups in total. The van der Waals surface area contributed by atoms with E-state index in [1.165, 1.54) is 6.08 Å². The monoisotopic (exact) mass is 350 g/mol. The van der Waals surface area contributed by atoms with Crippen molar-refractivity contribution in [2.45, 2.75) is 19.1 Å². The topological polar surface area (TPSA) is 45.6 Å². The number of halogens is 4. The van der Waals surface area contributed by atoms with Crippen molar-refractivity contribution < 1.29 is 23.0 Å². The van der Waals surface area contributed by atoms with E-state index in [9.17, 15) is 13.2 Å². The smallest absolute Gasteiger partial charge is 0.422 e. The van der Waals surface area contributed by atoms with Crippen molar-refractivity contribution in [2.75, 3.05) is 26.3 Å². The lowest BCUT2D eigenvalue weighted by Crippen LogP contribution is -2.47. The standard InChI is InChI=1S/C15H18ClF3N2O2/c16-14-5-20-13(8-21-6-11(7-21)9-22)4-12(14)2-1-3-23-10-15(17,18)19/h1,3-5,11,22H,2,6-10H2/b3-1+. The van der Waals surface area contributed by atoms with E-state index in [1.807, 2.05) is 6.07 Å². The highest BCUT2D eigenvalue weighted by Crippen LogP contribution is 2.21. The average molecular weight is 351 g/mol. The Morgan fingerprint density at radius 3 is 2.83 bits per heavy atom. The summed E-state index contributed by atoms with van der Waals surface area (Å²) in [5, 5.41) is 9.46. The summed E-state index contributed by atoms with van der Waals surface area (Å²) < 4.78 is 40.2. The van der Waals surface area contributed by atoms with Crippen LogP contribution in [0.3, 0.4) is 0 Å². The van der Waals surface area contributed by atoms with Crippen LogP contribution in [0.4, 0.5) is 13.2 Å². The first-order chi connectivity index (χ1) is 10.9. The van der Waals surface area contributed by atoms with Crippen LogP contribution in [0.1, 0.15) is 11.3 Å². The Morgan fingerprint density at radius 1 is 1.43 bits per heavy atom. The van der Waals surface area contributed by atoms with Crippen LogP contribution in [-0.4, -0.2) is 47.5 Å². The van der Waals surface area contributed by atoms with Gasteiger partial charge < -0.3 is 9.84 Å². The number of allylic oxidation sites excluding steroid dienone is 1. The SMILES string of the molecule is OCC1CN(Cc2cc(C/C=C/OCC(F)(F)F)c(Cl)cn2)C1. The number of likely N-dealkylation sites (tertiary alicyclic amines) is 1. The number of alkyl halides is 3. The fraction of sp³-hybridized carbons (Fsp3) is 0.533. The lowest BCUT2D eigenvalue weighted by molar-refractivity contribution is -0.161. The van der Waals surface area contributed by atoms with Crippen LogP contribution in [0.2, 0.25) is 5.02 Å². The maximum atomic E-state index is 11.9. The zero-order chi connectivity index (χ0) is 16.9. The summed E-state index contributed by atoms with van der Waals surface area (Å²) in [5.41, 5.74) is 1.62. The number of ether oxygens (including phenoxy) is 1. The second-order valence-corrected chi connectivity index (χ2v) is 5.92. The molecule has 0 amide bonds. The molecule has 0 spiro atoms. The fourth-order valence-electron chi connectivity index (χ4n) is 2.31. The number of nitrogens with zero attached hydrogens (tertiary/aromatic N) is 2. The molecule has 0 aromatic carbocycles. The van der Waals surface area contributed by atoms with Crippen molar-refractivity contribution in [3.8, 4) is 0 Å². The highest BCUT2D eigenvalue weighted by molar-refractivity contribution is 6.31. The third-order valence-corrected chi connectivity index (χ3v) is 3.79. The number of hydrogen-bond donors (Lipinski definition) is 1. The largest absolute Gasteiger partial charge is 0.492 e. The maximum Gasteiger partial charge on any atom is 0.422 e. The Kier molecular flexibility index (Phi) is 6.26. The number of aliphatic hydroxyl groups is 1. The van der Waals surface area contributed by atoms with Crippen LogP contribution >= 0.6 is 11.6 Å². The van der Waals surface area contributed by atoms with E-state index in [0.717, 1.165) is 30.6 Å². The highest BCUT2D eigenvalue weighted by Gasteiger charge is 2.27. The van der Waals surface area contributed by atoms with Gasteiger partial charge in [0.2, 0.25) is 0 Å². The van der Waals surface area contributed by atoms with E-state index in [2.05, 4.69) is 14.6 Å². The molecule has 128 valence electrons. The number of aromatic nitrogens is 1. The minimum Gasteiger partial charge on any atom is -0.492 e. The molecule has 2 rings (SSSR count). The minimum atomic E-state index is -4.34. The minimum absolute atomic E-state index is 0.193.